The molecule has 1 aliphatic rings. The van der Waals surface area contributed by atoms with E-state index in [0.29, 0.717) is 18.5 Å². The van der Waals surface area contributed by atoms with Gasteiger partial charge in [0.1, 0.15) is 5.82 Å². The zero-order chi connectivity index (χ0) is 14.4. The Morgan fingerprint density at radius 3 is 2.95 bits per heavy atom. The minimum Gasteiger partial charge on any atom is -0.396 e. The van der Waals surface area contributed by atoms with Crippen molar-refractivity contribution in [3.05, 3.63) is 23.9 Å². The van der Waals surface area contributed by atoms with Crippen LogP contribution in [0.15, 0.2) is 18.3 Å². The lowest BCUT2D eigenvalue weighted by atomic mass is 10.1. The summed E-state index contributed by atoms with van der Waals surface area (Å²) in [5, 5.41) is 11.8. The van der Waals surface area contributed by atoms with Gasteiger partial charge in [0.15, 0.2) is 0 Å². The number of hydrogen-bond acceptors (Lipinski definition) is 4. The summed E-state index contributed by atoms with van der Waals surface area (Å²) in [5.74, 6) is 0.984. The normalized spacial score (nSPS) is 16.2. The number of hydrogen-bond donors (Lipinski definition) is 2. The summed E-state index contributed by atoms with van der Waals surface area (Å²) in [6.45, 7) is 4.69. The molecule has 0 spiro atoms. The van der Waals surface area contributed by atoms with E-state index < -0.39 is 0 Å². The zero-order valence-electron chi connectivity index (χ0n) is 12.0. The quantitative estimate of drug-likeness (QED) is 0.825. The maximum Gasteiger partial charge on any atom is 0.255 e. The van der Waals surface area contributed by atoms with Crippen LogP contribution in [0.25, 0.3) is 0 Å². The second-order valence-corrected chi connectivity index (χ2v) is 5.40. The first kappa shape index (κ1) is 14.8. The van der Waals surface area contributed by atoms with Gasteiger partial charge in [0.2, 0.25) is 0 Å². The molecule has 1 aliphatic heterocycles. The predicted molar refractivity (Wildman–Crippen MR) is 78.9 cm³/mol. The number of nitrogens with zero attached hydrogens (tertiary/aromatic N) is 2. The van der Waals surface area contributed by atoms with Gasteiger partial charge in [0.25, 0.3) is 5.91 Å². The molecule has 1 fully saturated rings. The van der Waals surface area contributed by atoms with Crippen LogP contribution in [0.5, 0.6) is 0 Å². The van der Waals surface area contributed by atoms with Crippen molar-refractivity contribution in [3.63, 3.8) is 0 Å². The van der Waals surface area contributed by atoms with Gasteiger partial charge in [-0.05, 0) is 37.3 Å². The molecule has 1 amide bonds. The molecule has 1 saturated heterocycles. The summed E-state index contributed by atoms with van der Waals surface area (Å²) < 4.78 is 0. The number of carbonyl (C=O) groups is 1. The van der Waals surface area contributed by atoms with Gasteiger partial charge in [-0.3, -0.25) is 4.79 Å². The summed E-state index contributed by atoms with van der Waals surface area (Å²) in [4.78, 5) is 18.8. The molecule has 110 valence electrons. The molecular weight excluding hydrogens is 254 g/mol. The first-order valence-corrected chi connectivity index (χ1v) is 7.31. The molecule has 0 aromatic carbocycles. The van der Waals surface area contributed by atoms with E-state index in [9.17, 15) is 4.79 Å². The fourth-order valence-electron chi connectivity index (χ4n) is 2.44. The molecule has 2 N–H and O–H groups in total. The van der Waals surface area contributed by atoms with E-state index in [0.717, 1.165) is 31.7 Å². The smallest absolute Gasteiger partial charge is 0.255 e. The van der Waals surface area contributed by atoms with Crippen LogP contribution in [0.2, 0.25) is 0 Å². The van der Waals surface area contributed by atoms with Crippen LogP contribution >= 0.6 is 0 Å². The number of rotatable bonds is 6. The third kappa shape index (κ3) is 3.70. The number of aliphatic hydroxyl groups excluding tert-OH is 1. The number of anilines is 1. The first-order chi connectivity index (χ1) is 9.72. The largest absolute Gasteiger partial charge is 0.396 e. The molecular formula is C15H23N3O2. The van der Waals surface area contributed by atoms with Gasteiger partial charge in [-0.15, -0.1) is 0 Å². The summed E-state index contributed by atoms with van der Waals surface area (Å²) in [7, 11) is 0. The number of carbonyl (C=O) groups excluding carboxylic acids is 1. The van der Waals surface area contributed by atoms with Gasteiger partial charge in [0, 0.05) is 32.4 Å². The van der Waals surface area contributed by atoms with Crippen molar-refractivity contribution in [2.45, 2.75) is 26.2 Å². The lowest BCUT2D eigenvalue weighted by molar-refractivity contribution is 0.0945. The third-order valence-corrected chi connectivity index (χ3v) is 3.67. The standard InChI is InChI=1S/C15H23N3O2/c1-12(6-10-19)11-17-15(20)13-5-4-7-16-14(13)18-8-2-3-9-18/h4-5,7,12,19H,2-3,6,8-11H2,1H3,(H,17,20). The molecule has 20 heavy (non-hydrogen) atoms. The molecule has 0 radical (unpaired) electrons. The van der Waals surface area contributed by atoms with Gasteiger partial charge in [0.05, 0.1) is 5.56 Å². The monoisotopic (exact) mass is 277 g/mol. The van der Waals surface area contributed by atoms with Crippen molar-refractivity contribution >= 4 is 11.7 Å². The molecule has 0 bridgehead atoms. The Morgan fingerprint density at radius 2 is 2.25 bits per heavy atom. The Hall–Kier alpha value is -1.62. The van der Waals surface area contributed by atoms with Crippen molar-refractivity contribution in [1.82, 2.24) is 10.3 Å². The highest BCUT2D eigenvalue weighted by atomic mass is 16.3. The van der Waals surface area contributed by atoms with E-state index in [2.05, 4.69) is 15.2 Å². The Kier molecular flexibility index (Phi) is 5.35. The second-order valence-electron chi connectivity index (χ2n) is 5.40. The van der Waals surface area contributed by atoms with Crippen LogP contribution in [-0.4, -0.2) is 42.2 Å². The average molecular weight is 277 g/mol. The Balaban J connectivity index is 2.02. The lowest BCUT2D eigenvalue weighted by Crippen LogP contribution is -2.31. The van der Waals surface area contributed by atoms with Gasteiger partial charge < -0.3 is 15.3 Å². The SMILES string of the molecule is CC(CCO)CNC(=O)c1cccnc1N1CCCC1. The van der Waals surface area contributed by atoms with E-state index in [1.807, 2.05) is 13.0 Å². The predicted octanol–water partition coefficient (Wildman–Crippen LogP) is 1.43. The Labute approximate surface area is 120 Å². The maximum atomic E-state index is 12.3. The average Bonchev–Trinajstić information content (AvgIpc) is 2.99. The van der Waals surface area contributed by atoms with E-state index in [-0.39, 0.29) is 18.4 Å². The highest BCUT2D eigenvalue weighted by molar-refractivity contribution is 5.98. The summed E-state index contributed by atoms with van der Waals surface area (Å²) in [6, 6.07) is 3.62. The molecule has 1 unspecified atom stereocenters. The number of aliphatic hydroxyl groups is 1. The van der Waals surface area contributed by atoms with Crippen molar-refractivity contribution in [3.8, 4) is 0 Å². The van der Waals surface area contributed by atoms with Crippen LogP contribution in [0.1, 0.15) is 36.5 Å². The number of nitrogens with one attached hydrogen (secondary N) is 1. The van der Waals surface area contributed by atoms with E-state index in [1.165, 1.54) is 0 Å². The fourth-order valence-corrected chi connectivity index (χ4v) is 2.44. The molecule has 2 heterocycles. The number of aromatic nitrogens is 1. The van der Waals surface area contributed by atoms with E-state index in [1.54, 1.807) is 12.3 Å². The van der Waals surface area contributed by atoms with Crippen molar-refractivity contribution in [1.29, 1.82) is 0 Å². The molecule has 5 heteroatoms. The van der Waals surface area contributed by atoms with Gasteiger partial charge in [-0.1, -0.05) is 6.92 Å². The minimum atomic E-state index is -0.0789. The molecule has 0 saturated carbocycles. The van der Waals surface area contributed by atoms with Crippen LogP contribution in [-0.2, 0) is 0 Å². The summed E-state index contributed by atoms with van der Waals surface area (Å²) in [6.07, 6.45) is 4.75. The number of pyridine rings is 1. The Morgan fingerprint density at radius 1 is 1.50 bits per heavy atom. The van der Waals surface area contributed by atoms with Gasteiger partial charge >= 0.3 is 0 Å². The van der Waals surface area contributed by atoms with Crippen molar-refractivity contribution < 1.29 is 9.90 Å². The van der Waals surface area contributed by atoms with E-state index >= 15 is 0 Å². The second kappa shape index (κ2) is 7.24. The van der Waals surface area contributed by atoms with Crippen molar-refractivity contribution in [2.24, 2.45) is 5.92 Å². The summed E-state index contributed by atoms with van der Waals surface area (Å²) in [5.41, 5.74) is 0.644. The minimum absolute atomic E-state index is 0.0789. The van der Waals surface area contributed by atoms with Crippen LogP contribution in [0, 0.1) is 5.92 Å². The number of amides is 1. The van der Waals surface area contributed by atoms with Gasteiger partial charge in [-0.25, -0.2) is 4.98 Å². The molecule has 0 aliphatic carbocycles. The van der Waals surface area contributed by atoms with Crippen LogP contribution in [0.3, 0.4) is 0 Å². The molecule has 1 atom stereocenters. The topological polar surface area (TPSA) is 65.5 Å². The van der Waals surface area contributed by atoms with Crippen LogP contribution in [0.4, 0.5) is 5.82 Å². The molecule has 1 aromatic heterocycles. The van der Waals surface area contributed by atoms with E-state index in [4.69, 9.17) is 5.11 Å². The summed E-state index contributed by atoms with van der Waals surface area (Å²) >= 11 is 0. The molecule has 1 aromatic rings. The zero-order valence-corrected chi connectivity index (χ0v) is 12.0. The molecule has 2 rings (SSSR count). The lowest BCUT2D eigenvalue weighted by Gasteiger charge is -2.19. The maximum absolute atomic E-state index is 12.3. The van der Waals surface area contributed by atoms with Gasteiger partial charge in [-0.2, -0.15) is 0 Å². The highest BCUT2D eigenvalue weighted by Crippen LogP contribution is 2.21. The first-order valence-electron chi connectivity index (χ1n) is 7.31. The highest BCUT2D eigenvalue weighted by Gasteiger charge is 2.20. The Bertz CT molecular complexity index is 444. The fraction of sp³-hybridized carbons (Fsp3) is 0.600. The van der Waals surface area contributed by atoms with Crippen LogP contribution < -0.4 is 10.2 Å². The van der Waals surface area contributed by atoms with Crippen molar-refractivity contribution in [2.75, 3.05) is 31.1 Å². The third-order valence-electron chi connectivity index (χ3n) is 3.67. The molecule has 5 nitrogen and oxygen atoms in total.